The minimum atomic E-state index is -0.763. The molecule has 1 rings (SSSR count). The summed E-state index contributed by atoms with van der Waals surface area (Å²) in [4.78, 5) is 10.4. The smallest absolute Gasteiger partial charge is 0.303 e. The molecule has 0 aliphatic heterocycles. The molecule has 0 atom stereocenters. The van der Waals surface area contributed by atoms with Gasteiger partial charge in [-0.1, -0.05) is 0 Å². The summed E-state index contributed by atoms with van der Waals surface area (Å²) in [6.45, 7) is 0.512. The molecule has 0 aliphatic carbocycles. The maximum atomic E-state index is 10.4. The number of carboxylic acid groups (broad SMARTS) is 1. The molecule has 0 aromatic heterocycles. The van der Waals surface area contributed by atoms with Crippen molar-refractivity contribution in [1.82, 2.24) is 0 Å². The fraction of sp³-hybridized carbons (Fsp3) is 0.533. The van der Waals surface area contributed by atoms with Crippen molar-refractivity contribution < 1.29 is 28.8 Å². The molecule has 1 N–H and O–H groups in total. The minimum Gasteiger partial charge on any atom is -0.493 e. The van der Waals surface area contributed by atoms with Gasteiger partial charge in [0, 0.05) is 18.6 Å². The van der Waals surface area contributed by atoms with E-state index in [-0.39, 0.29) is 6.42 Å². The van der Waals surface area contributed by atoms with Crippen LogP contribution in [0.5, 0.6) is 23.0 Å². The second-order valence-corrected chi connectivity index (χ2v) is 4.41. The molecule has 118 valence electrons. The molecule has 1 aromatic carbocycles. The molecule has 0 unspecified atom stereocenters. The summed E-state index contributed by atoms with van der Waals surface area (Å²) in [5, 5.41) is 8.54. The SMILES string of the molecule is COc1cc(OCCCCCC(=O)O)cc(OC)c1OC. The normalized spacial score (nSPS) is 10.0. The molecule has 6 heteroatoms. The predicted octanol–water partition coefficient (Wildman–Crippen LogP) is 2.74. The third-order valence-electron chi connectivity index (χ3n) is 2.94. The van der Waals surface area contributed by atoms with Crippen molar-refractivity contribution >= 4 is 5.97 Å². The molecule has 0 amide bonds. The van der Waals surface area contributed by atoms with Crippen LogP contribution in [0.2, 0.25) is 0 Å². The molecule has 0 saturated carbocycles. The predicted molar refractivity (Wildman–Crippen MR) is 77.7 cm³/mol. The first-order valence-electron chi connectivity index (χ1n) is 6.77. The summed E-state index contributed by atoms with van der Waals surface area (Å²) in [7, 11) is 4.64. The molecule has 21 heavy (non-hydrogen) atoms. The van der Waals surface area contributed by atoms with Gasteiger partial charge in [-0.3, -0.25) is 4.79 Å². The van der Waals surface area contributed by atoms with Crippen molar-refractivity contribution in [3.05, 3.63) is 12.1 Å². The van der Waals surface area contributed by atoms with E-state index in [4.69, 9.17) is 24.1 Å². The van der Waals surface area contributed by atoms with Gasteiger partial charge in [0.05, 0.1) is 27.9 Å². The van der Waals surface area contributed by atoms with E-state index in [9.17, 15) is 4.79 Å². The molecule has 0 radical (unpaired) electrons. The highest BCUT2D eigenvalue weighted by molar-refractivity contribution is 5.66. The molecule has 0 aliphatic rings. The van der Waals surface area contributed by atoms with Crippen LogP contribution in [0.15, 0.2) is 12.1 Å². The van der Waals surface area contributed by atoms with Gasteiger partial charge >= 0.3 is 5.97 Å². The summed E-state index contributed by atoms with van der Waals surface area (Å²) >= 11 is 0. The number of rotatable bonds is 10. The first kappa shape index (κ1) is 16.9. The van der Waals surface area contributed by atoms with Gasteiger partial charge in [0.25, 0.3) is 0 Å². The van der Waals surface area contributed by atoms with Crippen molar-refractivity contribution in [2.75, 3.05) is 27.9 Å². The molecule has 0 heterocycles. The zero-order chi connectivity index (χ0) is 15.7. The van der Waals surface area contributed by atoms with E-state index in [1.54, 1.807) is 33.5 Å². The van der Waals surface area contributed by atoms with E-state index in [2.05, 4.69) is 0 Å². The number of ether oxygens (including phenoxy) is 4. The molecule has 0 bridgehead atoms. The van der Waals surface area contributed by atoms with Crippen LogP contribution in [-0.2, 0) is 4.79 Å². The Kier molecular flexibility index (Phi) is 7.21. The number of hydrogen-bond donors (Lipinski definition) is 1. The Morgan fingerprint density at radius 3 is 2.10 bits per heavy atom. The summed E-state index contributed by atoms with van der Waals surface area (Å²) in [5.41, 5.74) is 0. The Labute approximate surface area is 124 Å². The summed E-state index contributed by atoms with van der Waals surface area (Å²) in [6.07, 6.45) is 2.47. The second kappa shape index (κ2) is 8.94. The lowest BCUT2D eigenvalue weighted by Gasteiger charge is -2.14. The zero-order valence-electron chi connectivity index (χ0n) is 12.7. The van der Waals surface area contributed by atoms with E-state index in [0.29, 0.717) is 36.0 Å². The molecule has 1 aromatic rings. The van der Waals surface area contributed by atoms with Gasteiger partial charge in [0.15, 0.2) is 11.5 Å². The minimum absolute atomic E-state index is 0.199. The lowest BCUT2D eigenvalue weighted by Crippen LogP contribution is -2.01. The van der Waals surface area contributed by atoms with Gasteiger partial charge < -0.3 is 24.1 Å². The van der Waals surface area contributed by atoms with Gasteiger partial charge in [-0.15, -0.1) is 0 Å². The highest BCUT2D eigenvalue weighted by Crippen LogP contribution is 2.40. The van der Waals surface area contributed by atoms with E-state index in [1.807, 2.05) is 0 Å². The molecular weight excluding hydrogens is 276 g/mol. The number of hydrogen-bond acceptors (Lipinski definition) is 5. The van der Waals surface area contributed by atoms with E-state index in [0.717, 1.165) is 12.8 Å². The fourth-order valence-electron chi connectivity index (χ4n) is 1.89. The van der Waals surface area contributed by atoms with Crippen LogP contribution in [0.1, 0.15) is 25.7 Å². The van der Waals surface area contributed by atoms with Crippen LogP contribution in [-0.4, -0.2) is 39.0 Å². The van der Waals surface area contributed by atoms with Crippen LogP contribution in [0.4, 0.5) is 0 Å². The maximum Gasteiger partial charge on any atom is 0.303 e. The summed E-state index contributed by atoms with van der Waals surface area (Å²) in [5.74, 6) is 1.47. The van der Waals surface area contributed by atoms with Crippen molar-refractivity contribution in [3.8, 4) is 23.0 Å². The van der Waals surface area contributed by atoms with Crippen LogP contribution >= 0.6 is 0 Å². The maximum absolute atomic E-state index is 10.4. The molecule has 0 spiro atoms. The Balaban J connectivity index is 2.53. The number of aliphatic carboxylic acids is 1. The molecule has 6 nitrogen and oxygen atoms in total. The third-order valence-corrected chi connectivity index (χ3v) is 2.94. The second-order valence-electron chi connectivity index (χ2n) is 4.41. The lowest BCUT2D eigenvalue weighted by atomic mass is 10.2. The average molecular weight is 298 g/mol. The van der Waals surface area contributed by atoms with Crippen LogP contribution < -0.4 is 18.9 Å². The Morgan fingerprint density at radius 2 is 1.62 bits per heavy atom. The third kappa shape index (κ3) is 5.41. The fourth-order valence-corrected chi connectivity index (χ4v) is 1.89. The van der Waals surface area contributed by atoms with Crippen LogP contribution in [0.25, 0.3) is 0 Å². The highest BCUT2D eigenvalue weighted by atomic mass is 16.5. The molecule has 0 fully saturated rings. The van der Waals surface area contributed by atoms with Gasteiger partial charge in [-0.25, -0.2) is 0 Å². The summed E-state index contributed by atoms with van der Waals surface area (Å²) in [6, 6.07) is 3.47. The van der Waals surface area contributed by atoms with Crippen molar-refractivity contribution in [1.29, 1.82) is 0 Å². The first-order chi connectivity index (χ1) is 10.1. The average Bonchev–Trinajstić information content (AvgIpc) is 2.49. The number of benzene rings is 1. The summed E-state index contributed by atoms with van der Waals surface area (Å²) < 4.78 is 21.3. The number of unbranched alkanes of at least 4 members (excludes halogenated alkanes) is 2. The Hall–Kier alpha value is -2.11. The van der Waals surface area contributed by atoms with Gasteiger partial charge in [-0.2, -0.15) is 0 Å². The highest BCUT2D eigenvalue weighted by Gasteiger charge is 2.13. The number of carboxylic acids is 1. The Bertz CT molecular complexity index is 432. The monoisotopic (exact) mass is 298 g/mol. The van der Waals surface area contributed by atoms with Gasteiger partial charge in [-0.05, 0) is 19.3 Å². The van der Waals surface area contributed by atoms with Crippen LogP contribution in [0, 0.1) is 0 Å². The van der Waals surface area contributed by atoms with Crippen molar-refractivity contribution in [2.24, 2.45) is 0 Å². The largest absolute Gasteiger partial charge is 0.493 e. The Morgan fingerprint density at radius 1 is 1.00 bits per heavy atom. The van der Waals surface area contributed by atoms with E-state index in [1.165, 1.54) is 0 Å². The number of methoxy groups -OCH3 is 3. The standard InChI is InChI=1S/C15H22O6/c1-18-12-9-11(10-13(19-2)15(12)20-3)21-8-6-4-5-7-14(16)17/h9-10H,4-8H2,1-3H3,(H,16,17). The van der Waals surface area contributed by atoms with Crippen molar-refractivity contribution in [3.63, 3.8) is 0 Å². The lowest BCUT2D eigenvalue weighted by molar-refractivity contribution is -0.137. The topological polar surface area (TPSA) is 74.2 Å². The first-order valence-corrected chi connectivity index (χ1v) is 6.77. The molecule has 0 saturated heterocycles. The van der Waals surface area contributed by atoms with Gasteiger partial charge in [0.1, 0.15) is 5.75 Å². The van der Waals surface area contributed by atoms with E-state index < -0.39 is 5.97 Å². The van der Waals surface area contributed by atoms with Gasteiger partial charge in [0.2, 0.25) is 5.75 Å². The van der Waals surface area contributed by atoms with Crippen LogP contribution in [0.3, 0.4) is 0 Å². The molecular formula is C15H22O6. The van der Waals surface area contributed by atoms with E-state index >= 15 is 0 Å². The van der Waals surface area contributed by atoms with Crippen molar-refractivity contribution in [2.45, 2.75) is 25.7 Å². The quantitative estimate of drug-likeness (QED) is 0.669. The zero-order valence-corrected chi connectivity index (χ0v) is 12.7. The number of carbonyl (C=O) groups is 1.